The van der Waals surface area contributed by atoms with Crippen molar-refractivity contribution in [2.45, 2.75) is 45.9 Å². The first-order chi connectivity index (χ1) is 5.87. The van der Waals surface area contributed by atoms with E-state index in [1.54, 1.807) is 27.7 Å². The first kappa shape index (κ1) is 10.9. The summed E-state index contributed by atoms with van der Waals surface area (Å²) in [7, 11) is 0. The molecule has 1 saturated heterocycles. The van der Waals surface area contributed by atoms with Gasteiger partial charge in [-0.15, -0.1) is 0 Å². The van der Waals surface area contributed by atoms with Gasteiger partial charge in [0.1, 0.15) is 0 Å². The van der Waals surface area contributed by atoms with Crippen LogP contribution in [0.15, 0.2) is 0 Å². The summed E-state index contributed by atoms with van der Waals surface area (Å²) in [4.78, 5) is 2.49. The summed E-state index contributed by atoms with van der Waals surface area (Å²) in [5.74, 6) is 0. The van der Waals surface area contributed by atoms with Crippen LogP contribution in [0.4, 0.5) is 8.78 Å². The maximum atomic E-state index is 13.6. The minimum Gasteiger partial charge on any atom is -0.226 e. The highest BCUT2D eigenvalue weighted by atomic mass is 19.3. The van der Waals surface area contributed by atoms with Crippen LogP contribution in [-0.2, 0) is 0 Å². The molecule has 0 unspecified atom stereocenters. The van der Waals surface area contributed by atoms with Crippen molar-refractivity contribution >= 4 is 0 Å². The third-order valence-electron chi connectivity index (χ3n) is 2.52. The third kappa shape index (κ3) is 1.83. The van der Waals surface area contributed by atoms with E-state index in [0.29, 0.717) is 13.1 Å². The maximum absolute atomic E-state index is 13.6. The molecule has 0 aromatic heterocycles. The Morgan fingerprint density at radius 1 is 0.923 bits per heavy atom. The molecule has 0 aliphatic carbocycles. The molecule has 0 spiro atoms. The van der Waals surface area contributed by atoms with Gasteiger partial charge < -0.3 is 0 Å². The highest BCUT2D eigenvalue weighted by molar-refractivity contribution is 4.84. The smallest absolute Gasteiger partial charge is 0.226 e. The van der Waals surface area contributed by atoms with Crippen LogP contribution in [0, 0.1) is 0 Å². The van der Waals surface area contributed by atoms with Gasteiger partial charge in [0.15, 0.2) is 0 Å². The van der Waals surface area contributed by atoms with Crippen LogP contribution in [0.2, 0.25) is 0 Å². The normalized spacial score (nSPS) is 24.9. The summed E-state index contributed by atoms with van der Waals surface area (Å²) in [5.41, 5.74) is 0. The molecule has 0 amide bonds. The van der Waals surface area contributed by atoms with Gasteiger partial charge in [-0.3, -0.25) is 0 Å². The van der Waals surface area contributed by atoms with Crippen molar-refractivity contribution in [2.75, 3.05) is 13.1 Å². The van der Waals surface area contributed by atoms with E-state index in [2.05, 4.69) is 0 Å². The molecule has 1 heterocycles. The molecule has 0 radical (unpaired) electrons. The average Bonchev–Trinajstić information content (AvgIpc) is 2.24. The second-order valence-corrected chi connectivity index (χ2v) is 4.08. The van der Waals surface area contributed by atoms with Gasteiger partial charge in [-0.05, 0) is 27.7 Å². The fourth-order valence-electron chi connectivity index (χ4n) is 1.79. The number of nitrogens with zero attached hydrogens (tertiary/aromatic N) is 2. The van der Waals surface area contributed by atoms with Crippen LogP contribution in [0.1, 0.15) is 27.7 Å². The summed E-state index contributed by atoms with van der Waals surface area (Å²) in [6, 6.07) is -0.197. The van der Waals surface area contributed by atoms with Crippen molar-refractivity contribution < 1.29 is 8.78 Å². The minimum atomic E-state index is -2.76. The molecular weight excluding hydrogens is 174 g/mol. The molecule has 13 heavy (non-hydrogen) atoms. The number of rotatable bonds is 2. The monoisotopic (exact) mass is 192 g/mol. The van der Waals surface area contributed by atoms with Crippen LogP contribution in [0.3, 0.4) is 0 Å². The first-order valence-corrected chi connectivity index (χ1v) is 4.78. The Balaban J connectivity index is 2.76. The van der Waals surface area contributed by atoms with Crippen LogP contribution in [0.25, 0.3) is 0 Å². The van der Waals surface area contributed by atoms with Gasteiger partial charge >= 0.3 is 6.17 Å². The second-order valence-electron chi connectivity index (χ2n) is 4.08. The van der Waals surface area contributed by atoms with E-state index in [9.17, 15) is 8.78 Å². The highest BCUT2D eigenvalue weighted by Crippen LogP contribution is 2.33. The van der Waals surface area contributed by atoms with Crippen LogP contribution in [-0.4, -0.2) is 41.1 Å². The molecule has 1 aliphatic heterocycles. The molecule has 0 saturated carbocycles. The summed E-state index contributed by atoms with van der Waals surface area (Å²) < 4.78 is 27.3. The molecule has 0 bridgehead atoms. The summed E-state index contributed by atoms with van der Waals surface area (Å²) in [6.07, 6.45) is -2.76. The van der Waals surface area contributed by atoms with Crippen molar-refractivity contribution in [3.8, 4) is 0 Å². The SMILES string of the molecule is CC(C)N1CCN(C(C)C)C1(F)F. The van der Waals surface area contributed by atoms with Crippen molar-refractivity contribution in [1.82, 2.24) is 9.80 Å². The summed E-state index contributed by atoms with van der Waals surface area (Å²) in [5, 5.41) is 0. The Kier molecular flexibility index (Phi) is 2.92. The Bertz CT molecular complexity index is 162. The third-order valence-corrected chi connectivity index (χ3v) is 2.52. The van der Waals surface area contributed by atoms with Crippen LogP contribution >= 0.6 is 0 Å². The average molecular weight is 192 g/mol. The number of alkyl halides is 2. The lowest BCUT2D eigenvalue weighted by atomic mass is 10.3. The molecule has 1 rings (SSSR count). The van der Waals surface area contributed by atoms with Crippen LogP contribution < -0.4 is 0 Å². The van der Waals surface area contributed by atoms with Gasteiger partial charge in [0, 0.05) is 25.2 Å². The van der Waals surface area contributed by atoms with E-state index in [-0.39, 0.29) is 12.1 Å². The van der Waals surface area contributed by atoms with E-state index in [1.165, 1.54) is 9.80 Å². The van der Waals surface area contributed by atoms with Crippen LogP contribution in [0.5, 0.6) is 0 Å². The molecule has 1 fully saturated rings. The van der Waals surface area contributed by atoms with E-state index < -0.39 is 6.17 Å². The maximum Gasteiger partial charge on any atom is 0.370 e. The lowest BCUT2D eigenvalue weighted by molar-refractivity contribution is -0.227. The lowest BCUT2D eigenvalue weighted by Crippen LogP contribution is -2.50. The zero-order valence-electron chi connectivity index (χ0n) is 8.72. The molecule has 2 nitrogen and oxygen atoms in total. The van der Waals surface area contributed by atoms with Gasteiger partial charge in [-0.2, -0.15) is 8.78 Å². The molecule has 0 atom stereocenters. The van der Waals surface area contributed by atoms with Gasteiger partial charge in [-0.25, -0.2) is 9.80 Å². The fraction of sp³-hybridized carbons (Fsp3) is 1.00. The summed E-state index contributed by atoms with van der Waals surface area (Å²) >= 11 is 0. The van der Waals surface area contributed by atoms with Crippen molar-refractivity contribution in [3.63, 3.8) is 0 Å². The predicted molar refractivity (Wildman–Crippen MR) is 48.6 cm³/mol. The molecule has 4 heteroatoms. The zero-order valence-corrected chi connectivity index (χ0v) is 8.72. The highest BCUT2D eigenvalue weighted by Gasteiger charge is 2.50. The quantitative estimate of drug-likeness (QED) is 0.617. The van der Waals surface area contributed by atoms with Gasteiger partial charge in [0.2, 0.25) is 0 Å². The first-order valence-electron chi connectivity index (χ1n) is 4.78. The largest absolute Gasteiger partial charge is 0.370 e. The van der Waals surface area contributed by atoms with Crippen molar-refractivity contribution in [3.05, 3.63) is 0 Å². The Labute approximate surface area is 78.5 Å². The number of hydrogen-bond acceptors (Lipinski definition) is 2. The lowest BCUT2D eigenvalue weighted by Gasteiger charge is -2.33. The molecule has 0 aromatic carbocycles. The molecule has 0 aromatic rings. The second kappa shape index (κ2) is 3.50. The van der Waals surface area contributed by atoms with Crippen molar-refractivity contribution in [2.24, 2.45) is 0 Å². The van der Waals surface area contributed by atoms with Gasteiger partial charge in [0.25, 0.3) is 0 Å². The number of halogens is 2. The van der Waals surface area contributed by atoms with Gasteiger partial charge in [0.05, 0.1) is 0 Å². The van der Waals surface area contributed by atoms with E-state index in [0.717, 1.165) is 0 Å². The molecular formula is C9H18F2N2. The Hall–Kier alpha value is -0.220. The van der Waals surface area contributed by atoms with E-state index >= 15 is 0 Å². The fourth-order valence-corrected chi connectivity index (χ4v) is 1.79. The standard InChI is InChI=1S/C9H18F2N2/c1-7(2)12-5-6-13(8(3)4)9(12,10)11/h7-8H,5-6H2,1-4H3. The predicted octanol–water partition coefficient (Wildman–Crippen LogP) is 1.97. The Morgan fingerprint density at radius 2 is 1.23 bits per heavy atom. The molecule has 1 aliphatic rings. The van der Waals surface area contributed by atoms with E-state index in [1.807, 2.05) is 0 Å². The Morgan fingerprint density at radius 3 is 1.38 bits per heavy atom. The summed E-state index contributed by atoms with van der Waals surface area (Å²) in [6.45, 7) is 8.14. The number of hydrogen-bond donors (Lipinski definition) is 0. The van der Waals surface area contributed by atoms with Crippen molar-refractivity contribution in [1.29, 1.82) is 0 Å². The zero-order chi connectivity index (χ0) is 10.2. The van der Waals surface area contributed by atoms with Gasteiger partial charge in [-0.1, -0.05) is 0 Å². The van der Waals surface area contributed by atoms with E-state index in [4.69, 9.17) is 0 Å². The minimum absolute atomic E-state index is 0.0984. The molecule has 78 valence electrons. The topological polar surface area (TPSA) is 6.48 Å². The molecule has 0 N–H and O–H groups in total.